The van der Waals surface area contributed by atoms with Gasteiger partial charge in [-0.15, -0.1) is 0 Å². The van der Waals surface area contributed by atoms with E-state index < -0.39 is 0 Å². The van der Waals surface area contributed by atoms with Gasteiger partial charge in [-0.3, -0.25) is 0 Å². The molecule has 0 bridgehead atoms. The van der Waals surface area contributed by atoms with Crippen molar-refractivity contribution < 1.29 is 0 Å². The predicted molar refractivity (Wildman–Crippen MR) is 52.4 cm³/mol. The summed E-state index contributed by atoms with van der Waals surface area (Å²) in [5.41, 5.74) is 2.34. The van der Waals surface area contributed by atoms with Gasteiger partial charge in [-0.2, -0.15) is 0 Å². The van der Waals surface area contributed by atoms with E-state index in [9.17, 15) is 0 Å². The summed E-state index contributed by atoms with van der Waals surface area (Å²) in [5.74, 6) is 0. The molecule has 0 amide bonds. The van der Waals surface area contributed by atoms with Crippen molar-refractivity contribution in [3.05, 3.63) is 40.7 Å². The molecule has 0 fully saturated rings. The zero-order valence-electron chi connectivity index (χ0n) is 7.34. The van der Waals surface area contributed by atoms with Gasteiger partial charge in [0.2, 0.25) is 0 Å². The molecule has 0 aliphatic heterocycles. The van der Waals surface area contributed by atoms with E-state index in [1.807, 2.05) is 19.1 Å². The summed E-state index contributed by atoms with van der Waals surface area (Å²) in [5, 5.41) is 0.566. The first-order valence-corrected chi connectivity index (χ1v) is 4.33. The fourth-order valence-corrected chi connectivity index (χ4v) is 1.12. The van der Waals surface area contributed by atoms with Gasteiger partial charge in [0, 0.05) is 12.1 Å². The number of halogens is 1. The van der Waals surface area contributed by atoms with Crippen molar-refractivity contribution in [1.29, 1.82) is 0 Å². The standard InChI is InChI=1S/C10H12ClN/c1-3-8(2)7-9-5-4-6-10(11)12-9/h3-6H,7H2,1-2H3. The molecule has 1 rings (SSSR count). The fraction of sp³-hybridized carbons (Fsp3) is 0.300. The summed E-state index contributed by atoms with van der Waals surface area (Å²) in [6.07, 6.45) is 2.97. The molecule has 0 aromatic carbocycles. The maximum Gasteiger partial charge on any atom is 0.129 e. The average molecular weight is 182 g/mol. The Balaban J connectivity index is 2.76. The summed E-state index contributed by atoms with van der Waals surface area (Å²) in [6, 6.07) is 5.70. The number of rotatable bonds is 2. The highest BCUT2D eigenvalue weighted by atomic mass is 35.5. The second-order valence-corrected chi connectivity index (χ2v) is 3.15. The molecule has 0 aliphatic carbocycles. The number of aromatic nitrogens is 1. The minimum Gasteiger partial charge on any atom is -0.241 e. The zero-order chi connectivity index (χ0) is 8.97. The molecule has 0 saturated heterocycles. The van der Waals surface area contributed by atoms with Crippen molar-refractivity contribution in [3.8, 4) is 0 Å². The van der Waals surface area contributed by atoms with Crippen molar-refractivity contribution in [3.63, 3.8) is 0 Å². The van der Waals surface area contributed by atoms with Gasteiger partial charge in [-0.25, -0.2) is 4.98 Å². The van der Waals surface area contributed by atoms with Gasteiger partial charge in [0.15, 0.2) is 0 Å². The normalized spacial score (nSPS) is 11.8. The molecule has 0 spiro atoms. The van der Waals surface area contributed by atoms with Crippen molar-refractivity contribution in [2.24, 2.45) is 0 Å². The van der Waals surface area contributed by atoms with E-state index in [0.29, 0.717) is 5.15 Å². The second-order valence-electron chi connectivity index (χ2n) is 2.76. The van der Waals surface area contributed by atoms with Crippen LogP contribution >= 0.6 is 11.6 Å². The van der Waals surface area contributed by atoms with Crippen molar-refractivity contribution in [1.82, 2.24) is 4.98 Å². The van der Waals surface area contributed by atoms with Gasteiger partial charge in [-0.05, 0) is 26.0 Å². The molecule has 64 valence electrons. The SMILES string of the molecule is CC=C(C)Cc1cccc(Cl)n1. The molecule has 1 aromatic rings. The number of hydrogen-bond acceptors (Lipinski definition) is 1. The lowest BCUT2D eigenvalue weighted by Crippen LogP contribution is -1.90. The first-order valence-electron chi connectivity index (χ1n) is 3.95. The summed E-state index contributed by atoms with van der Waals surface area (Å²) in [7, 11) is 0. The third-order valence-corrected chi connectivity index (χ3v) is 1.94. The maximum absolute atomic E-state index is 5.74. The lowest BCUT2D eigenvalue weighted by molar-refractivity contribution is 1.04. The molecule has 0 radical (unpaired) electrons. The van der Waals surface area contributed by atoms with E-state index in [-0.39, 0.29) is 0 Å². The van der Waals surface area contributed by atoms with Crippen molar-refractivity contribution >= 4 is 11.6 Å². The first kappa shape index (κ1) is 9.27. The van der Waals surface area contributed by atoms with E-state index in [1.54, 1.807) is 6.07 Å². The topological polar surface area (TPSA) is 12.9 Å². The van der Waals surface area contributed by atoms with Crippen LogP contribution in [0.5, 0.6) is 0 Å². The lowest BCUT2D eigenvalue weighted by atomic mass is 10.1. The minimum atomic E-state index is 0.566. The Morgan fingerprint density at radius 3 is 2.92 bits per heavy atom. The fourth-order valence-electron chi connectivity index (χ4n) is 0.937. The van der Waals surface area contributed by atoms with Crippen LogP contribution in [0.4, 0.5) is 0 Å². The quantitative estimate of drug-likeness (QED) is 0.504. The molecular weight excluding hydrogens is 170 g/mol. The predicted octanol–water partition coefficient (Wildman–Crippen LogP) is 3.24. The zero-order valence-corrected chi connectivity index (χ0v) is 8.10. The summed E-state index contributed by atoms with van der Waals surface area (Å²) < 4.78 is 0. The monoisotopic (exact) mass is 181 g/mol. The summed E-state index contributed by atoms with van der Waals surface area (Å²) >= 11 is 5.74. The molecule has 1 nitrogen and oxygen atoms in total. The van der Waals surface area contributed by atoms with E-state index in [4.69, 9.17) is 11.6 Å². The average Bonchev–Trinajstić information content (AvgIpc) is 2.04. The Labute approximate surface area is 78.1 Å². The molecule has 0 atom stereocenters. The molecule has 0 aliphatic rings. The number of pyridine rings is 1. The van der Waals surface area contributed by atoms with Gasteiger partial charge in [0.05, 0.1) is 0 Å². The van der Waals surface area contributed by atoms with Gasteiger partial charge in [0.25, 0.3) is 0 Å². The highest BCUT2D eigenvalue weighted by Gasteiger charge is 1.95. The van der Waals surface area contributed by atoms with Crippen LogP contribution in [0, 0.1) is 0 Å². The largest absolute Gasteiger partial charge is 0.241 e. The number of hydrogen-bond donors (Lipinski definition) is 0. The van der Waals surface area contributed by atoms with Crippen LogP contribution < -0.4 is 0 Å². The van der Waals surface area contributed by atoms with Crippen LogP contribution in [0.1, 0.15) is 19.5 Å². The van der Waals surface area contributed by atoms with Crippen LogP contribution in [-0.4, -0.2) is 4.98 Å². The van der Waals surface area contributed by atoms with Crippen molar-refractivity contribution in [2.45, 2.75) is 20.3 Å². The van der Waals surface area contributed by atoms with Crippen LogP contribution in [0.25, 0.3) is 0 Å². The highest BCUT2D eigenvalue weighted by molar-refractivity contribution is 6.29. The van der Waals surface area contributed by atoms with Gasteiger partial charge in [-0.1, -0.05) is 29.3 Å². The Morgan fingerprint density at radius 2 is 2.33 bits per heavy atom. The van der Waals surface area contributed by atoms with Gasteiger partial charge < -0.3 is 0 Å². The molecule has 0 N–H and O–H groups in total. The summed E-state index contributed by atoms with van der Waals surface area (Å²) in [4.78, 5) is 4.19. The van der Waals surface area contributed by atoms with Gasteiger partial charge in [0.1, 0.15) is 5.15 Å². The minimum absolute atomic E-state index is 0.566. The Bertz CT molecular complexity index is 292. The Morgan fingerprint density at radius 1 is 1.58 bits per heavy atom. The molecular formula is C10H12ClN. The molecule has 2 heteroatoms. The van der Waals surface area contributed by atoms with E-state index in [1.165, 1.54) is 5.57 Å². The molecule has 12 heavy (non-hydrogen) atoms. The van der Waals surface area contributed by atoms with Crippen LogP contribution in [0.15, 0.2) is 29.8 Å². The van der Waals surface area contributed by atoms with E-state index in [0.717, 1.165) is 12.1 Å². The van der Waals surface area contributed by atoms with Gasteiger partial charge >= 0.3 is 0 Å². The second kappa shape index (κ2) is 4.27. The van der Waals surface area contributed by atoms with Crippen LogP contribution in [0.2, 0.25) is 5.15 Å². The molecule has 0 unspecified atom stereocenters. The van der Waals surface area contributed by atoms with Crippen LogP contribution in [0.3, 0.4) is 0 Å². The Kier molecular flexibility index (Phi) is 3.30. The molecule has 1 heterocycles. The number of allylic oxidation sites excluding steroid dienone is 2. The Hall–Kier alpha value is -0.820. The number of nitrogens with zero attached hydrogens (tertiary/aromatic N) is 1. The van der Waals surface area contributed by atoms with Crippen molar-refractivity contribution in [2.75, 3.05) is 0 Å². The third-order valence-electron chi connectivity index (χ3n) is 1.73. The highest BCUT2D eigenvalue weighted by Crippen LogP contribution is 2.08. The van der Waals surface area contributed by atoms with E-state index >= 15 is 0 Å². The third kappa shape index (κ3) is 2.67. The molecule has 0 saturated carbocycles. The first-order chi connectivity index (χ1) is 5.72. The lowest BCUT2D eigenvalue weighted by Gasteiger charge is -1.99. The molecule has 1 aromatic heterocycles. The van der Waals surface area contributed by atoms with Crippen LogP contribution in [-0.2, 0) is 6.42 Å². The maximum atomic E-state index is 5.74. The summed E-state index contributed by atoms with van der Waals surface area (Å²) in [6.45, 7) is 4.11. The smallest absolute Gasteiger partial charge is 0.129 e. The van der Waals surface area contributed by atoms with E-state index in [2.05, 4.69) is 18.0 Å².